The molecule has 0 amide bonds. The predicted octanol–water partition coefficient (Wildman–Crippen LogP) is 4.18. The lowest BCUT2D eigenvalue weighted by Crippen LogP contribution is -1.97. The number of aryl methyl sites for hydroxylation is 2. The third-order valence-electron chi connectivity index (χ3n) is 4.23. The van der Waals surface area contributed by atoms with Gasteiger partial charge in [-0.05, 0) is 59.4 Å². The number of rotatable bonds is 7. The molecular weight excluding hydrogens is 304 g/mol. The van der Waals surface area contributed by atoms with Gasteiger partial charge in [-0.1, -0.05) is 13.8 Å². The molecular formula is C20H26O4. The predicted molar refractivity (Wildman–Crippen MR) is 95.4 cm³/mol. The number of benzene rings is 2. The van der Waals surface area contributed by atoms with E-state index in [1.807, 2.05) is 38.1 Å². The Balaban J connectivity index is 2.62. The first-order valence-electron chi connectivity index (χ1n) is 8.23. The van der Waals surface area contributed by atoms with Gasteiger partial charge in [0.25, 0.3) is 0 Å². The van der Waals surface area contributed by atoms with E-state index in [0.29, 0.717) is 19.0 Å². The fraction of sp³-hybridized carbons (Fsp3) is 0.400. The van der Waals surface area contributed by atoms with Crippen molar-refractivity contribution in [3.05, 3.63) is 46.5 Å². The minimum atomic E-state index is 0.215. The lowest BCUT2D eigenvalue weighted by Gasteiger charge is -2.15. The number of hydrogen-bond donors (Lipinski definition) is 2. The Kier molecular flexibility index (Phi) is 6.23. The third kappa shape index (κ3) is 3.71. The summed E-state index contributed by atoms with van der Waals surface area (Å²) in [5.41, 5.74) is 5.32. The van der Waals surface area contributed by atoms with Gasteiger partial charge in [-0.25, -0.2) is 0 Å². The van der Waals surface area contributed by atoms with Crippen LogP contribution in [0.2, 0.25) is 0 Å². The van der Waals surface area contributed by atoms with E-state index in [0.717, 1.165) is 46.2 Å². The van der Waals surface area contributed by atoms with Crippen molar-refractivity contribution in [2.24, 2.45) is 0 Å². The van der Waals surface area contributed by atoms with E-state index in [1.54, 1.807) is 14.2 Å². The molecule has 0 aromatic heterocycles. The van der Waals surface area contributed by atoms with Crippen LogP contribution in [0, 0.1) is 0 Å². The molecule has 4 nitrogen and oxygen atoms in total. The molecule has 0 saturated heterocycles. The monoisotopic (exact) mass is 330 g/mol. The lowest BCUT2D eigenvalue weighted by molar-refractivity contribution is 0.174. The Hall–Kier alpha value is -2.04. The largest absolute Gasteiger partial charge is 0.507 e. The zero-order valence-electron chi connectivity index (χ0n) is 14.8. The number of aromatic hydroxyl groups is 2. The summed E-state index contributed by atoms with van der Waals surface area (Å²) in [4.78, 5) is 0. The molecule has 2 aromatic carbocycles. The van der Waals surface area contributed by atoms with Crippen molar-refractivity contribution in [1.29, 1.82) is 0 Å². The van der Waals surface area contributed by atoms with E-state index >= 15 is 0 Å². The highest BCUT2D eigenvalue weighted by Gasteiger charge is 2.14. The minimum Gasteiger partial charge on any atom is -0.507 e. The fourth-order valence-electron chi connectivity index (χ4n) is 2.92. The van der Waals surface area contributed by atoms with Crippen molar-refractivity contribution in [2.45, 2.75) is 39.9 Å². The van der Waals surface area contributed by atoms with Gasteiger partial charge in [-0.15, -0.1) is 0 Å². The summed E-state index contributed by atoms with van der Waals surface area (Å²) in [6, 6.07) is 7.88. The molecule has 2 N–H and O–H groups in total. The maximum Gasteiger partial charge on any atom is 0.126 e. The molecule has 0 aliphatic heterocycles. The smallest absolute Gasteiger partial charge is 0.126 e. The highest BCUT2D eigenvalue weighted by atomic mass is 16.5. The first kappa shape index (κ1) is 18.3. The Morgan fingerprint density at radius 1 is 0.667 bits per heavy atom. The van der Waals surface area contributed by atoms with Gasteiger partial charge >= 0.3 is 0 Å². The van der Waals surface area contributed by atoms with E-state index in [1.165, 1.54) is 0 Å². The second-order valence-electron chi connectivity index (χ2n) is 5.86. The number of methoxy groups -OCH3 is 2. The quantitative estimate of drug-likeness (QED) is 0.799. The van der Waals surface area contributed by atoms with Crippen LogP contribution in [0.1, 0.15) is 36.1 Å². The summed E-state index contributed by atoms with van der Waals surface area (Å²) in [5.74, 6) is 0.601. The van der Waals surface area contributed by atoms with Gasteiger partial charge in [0.1, 0.15) is 11.5 Å². The molecule has 0 aliphatic carbocycles. The topological polar surface area (TPSA) is 58.9 Å². The van der Waals surface area contributed by atoms with E-state index in [-0.39, 0.29) is 5.75 Å². The fourth-order valence-corrected chi connectivity index (χ4v) is 2.92. The number of ether oxygens (including phenoxy) is 2. The van der Waals surface area contributed by atoms with Crippen molar-refractivity contribution >= 4 is 0 Å². The van der Waals surface area contributed by atoms with Crippen LogP contribution >= 0.6 is 0 Å². The van der Waals surface area contributed by atoms with Crippen LogP contribution in [0.4, 0.5) is 0 Å². The van der Waals surface area contributed by atoms with Gasteiger partial charge in [0, 0.05) is 25.3 Å². The molecule has 0 heterocycles. The summed E-state index contributed by atoms with van der Waals surface area (Å²) < 4.78 is 10.4. The molecule has 24 heavy (non-hydrogen) atoms. The molecule has 0 radical (unpaired) electrons. The molecule has 2 rings (SSSR count). The molecule has 0 aliphatic rings. The van der Waals surface area contributed by atoms with Crippen molar-refractivity contribution in [3.63, 3.8) is 0 Å². The van der Waals surface area contributed by atoms with Crippen molar-refractivity contribution < 1.29 is 19.7 Å². The molecule has 0 unspecified atom stereocenters. The zero-order valence-corrected chi connectivity index (χ0v) is 14.8. The van der Waals surface area contributed by atoms with E-state index in [2.05, 4.69) is 0 Å². The van der Waals surface area contributed by atoms with Gasteiger partial charge < -0.3 is 19.7 Å². The molecule has 0 fully saturated rings. The molecule has 0 bridgehead atoms. The SMILES string of the molecule is CCc1cc(-c2cc(COC)c(O)c(COC)c2)cc(CC)c1O. The Bertz CT molecular complexity index is 655. The lowest BCUT2D eigenvalue weighted by atomic mass is 9.94. The van der Waals surface area contributed by atoms with Gasteiger partial charge in [-0.3, -0.25) is 0 Å². The number of hydrogen-bond acceptors (Lipinski definition) is 4. The van der Waals surface area contributed by atoms with E-state index in [4.69, 9.17) is 9.47 Å². The summed E-state index contributed by atoms with van der Waals surface area (Å²) in [6.07, 6.45) is 1.53. The second-order valence-corrected chi connectivity index (χ2v) is 5.86. The molecule has 0 atom stereocenters. The van der Waals surface area contributed by atoms with Gasteiger partial charge in [0.05, 0.1) is 13.2 Å². The van der Waals surface area contributed by atoms with Crippen LogP contribution in [0.25, 0.3) is 11.1 Å². The summed E-state index contributed by atoms with van der Waals surface area (Å²) >= 11 is 0. The second kappa shape index (κ2) is 8.18. The summed E-state index contributed by atoms with van der Waals surface area (Å²) in [7, 11) is 3.21. The Labute approximate surface area is 143 Å². The first-order valence-corrected chi connectivity index (χ1v) is 8.23. The van der Waals surface area contributed by atoms with Crippen LogP contribution in [0.3, 0.4) is 0 Å². The average molecular weight is 330 g/mol. The highest BCUT2D eigenvalue weighted by molar-refractivity contribution is 5.70. The highest BCUT2D eigenvalue weighted by Crippen LogP contribution is 2.35. The first-order chi connectivity index (χ1) is 11.5. The van der Waals surface area contributed by atoms with Crippen LogP contribution in [-0.4, -0.2) is 24.4 Å². The van der Waals surface area contributed by atoms with E-state index in [9.17, 15) is 10.2 Å². The minimum absolute atomic E-state index is 0.215. The van der Waals surface area contributed by atoms with Gasteiger partial charge in [0.2, 0.25) is 0 Å². The molecule has 0 spiro atoms. The molecule has 130 valence electrons. The molecule has 4 heteroatoms. The van der Waals surface area contributed by atoms with Crippen LogP contribution in [0.15, 0.2) is 24.3 Å². The van der Waals surface area contributed by atoms with Crippen LogP contribution in [0.5, 0.6) is 11.5 Å². The standard InChI is InChI=1S/C20H26O4/c1-5-13-7-15(8-14(6-2)19(13)21)16-9-17(11-23-3)20(22)18(10-16)12-24-4/h7-10,21-22H,5-6,11-12H2,1-4H3. The average Bonchev–Trinajstić information content (AvgIpc) is 2.59. The van der Waals surface area contributed by atoms with Crippen molar-refractivity contribution in [3.8, 4) is 22.6 Å². The van der Waals surface area contributed by atoms with Gasteiger partial charge in [-0.2, -0.15) is 0 Å². The van der Waals surface area contributed by atoms with E-state index < -0.39 is 0 Å². The summed E-state index contributed by atoms with van der Waals surface area (Å²) in [5, 5.41) is 20.7. The van der Waals surface area contributed by atoms with Crippen molar-refractivity contribution in [2.75, 3.05) is 14.2 Å². The Morgan fingerprint density at radius 3 is 1.33 bits per heavy atom. The normalized spacial score (nSPS) is 11.0. The van der Waals surface area contributed by atoms with Crippen LogP contribution in [-0.2, 0) is 35.5 Å². The maximum absolute atomic E-state index is 10.4. The number of phenolic OH excluding ortho intramolecular Hbond substituents is 2. The van der Waals surface area contributed by atoms with Crippen LogP contribution < -0.4 is 0 Å². The summed E-state index contributed by atoms with van der Waals surface area (Å²) in [6.45, 7) is 4.72. The third-order valence-corrected chi connectivity index (χ3v) is 4.23. The molecule has 2 aromatic rings. The zero-order chi connectivity index (χ0) is 17.7. The molecule has 0 saturated carbocycles. The maximum atomic E-state index is 10.4. The van der Waals surface area contributed by atoms with Crippen molar-refractivity contribution in [1.82, 2.24) is 0 Å². The Morgan fingerprint density at radius 2 is 1.00 bits per heavy atom. The number of phenols is 2. The van der Waals surface area contributed by atoms with Gasteiger partial charge in [0.15, 0.2) is 0 Å².